The van der Waals surface area contributed by atoms with Crippen LogP contribution in [0.1, 0.15) is 175 Å². The van der Waals surface area contributed by atoms with Gasteiger partial charge in [-0.25, -0.2) is 55.2 Å². The first-order valence-electron chi connectivity index (χ1n) is 33.2. The number of anilines is 3. The van der Waals surface area contributed by atoms with Crippen LogP contribution in [0, 0.1) is 10.1 Å². The van der Waals surface area contributed by atoms with E-state index in [0.717, 1.165) is 30.2 Å². The van der Waals surface area contributed by atoms with Crippen LogP contribution >= 0.6 is 58.0 Å². The Hall–Kier alpha value is -12.9. The second kappa shape index (κ2) is 45.2. The number of ether oxygens (including phenoxy) is 7. The van der Waals surface area contributed by atoms with Crippen molar-refractivity contribution in [2.45, 2.75) is 60.5 Å². The van der Waals surface area contributed by atoms with E-state index in [1.807, 2.05) is 6.92 Å². The molecule has 120 heavy (non-hydrogen) atoms. The Morgan fingerprint density at radius 2 is 0.892 bits per heavy atom. The van der Waals surface area contributed by atoms with Crippen LogP contribution in [0.15, 0.2) is 103 Å². The lowest BCUT2D eigenvalue weighted by Crippen LogP contribution is -2.37. The van der Waals surface area contributed by atoms with Gasteiger partial charge in [-0.3, -0.25) is 48.6 Å². The summed E-state index contributed by atoms with van der Waals surface area (Å²) >= 11 is 28.7. The van der Waals surface area contributed by atoms with Crippen LogP contribution in [0.2, 0.25) is 25.1 Å². The fraction of sp³-hybridized carbons (Fsp3) is 0.230. The molecule has 642 valence electrons. The molecular weight excluding hydrogens is 1740 g/mol. The van der Waals surface area contributed by atoms with Gasteiger partial charge >= 0.3 is 59.7 Å². The first-order chi connectivity index (χ1) is 55.7. The molecule has 3 heterocycles. The predicted octanol–water partition coefficient (Wildman–Crippen LogP) is 10.6. The number of nitrogen functional groups attached to an aromatic ring is 1. The first kappa shape index (κ1) is 101. The molecule has 7 aromatic carbocycles. The number of fused-ring (bicyclic) bond motifs is 3. The van der Waals surface area contributed by atoms with Crippen molar-refractivity contribution >= 4 is 190 Å². The number of nitro groups is 1. The zero-order valence-corrected chi connectivity index (χ0v) is 69.6. The van der Waals surface area contributed by atoms with E-state index in [2.05, 4.69) is 24.8 Å². The van der Waals surface area contributed by atoms with Gasteiger partial charge in [-0.2, -0.15) is 0 Å². The molecule has 0 fully saturated rings. The third-order valence-electron chi connectivity index (χ3n) is 14.7. The number of nitrogens with one attached hydrogen (secondary N) is 2. The molecule has 0 aromatic heterocycles. The molecule has 0 spiro atoms. The number of benzene rings is 7. The van der Waals surface area contributed by atoms with Crippen LogP contribution < -0.4 is 41.0 Å². The number of esters is 6. The maximum absolute atomic E-state index is 13.4. The molecule has 7 aromatic rings. The smallest absolute Gasteiger partial charge is 0.349 e. The molecule has 39 nitrogen and oxygen atoms in total. The van der Waals surface area contributed by atoms with Gasteiger partial charge in [0.15, 0.2) is 28.6 Å². The number of rotatable bonds is 20. The molecule has 0 unspecified atom stereocenters. The van der Waals surface area contributed by atoms with E-state index in [1.54, 1.807) is 56.5 Å². The number of hydrogen-bond donors (Lipinski definition) is 9. The molecule has 3 aliphatic heterocycles. The quantitative estimate of drug-likeness (QED) is 0.00651. The van der Waals surface area contributed by atoms with E-state index < -0.39 is 154 Å². The Kier molecular flexibility index (Phi) is 38.1. The van der Waals surface area contributed by atoms with Gasteiger partial charge in [0.2, 0.25) is 11.8 Å². The molecular formula is C74H71Cl5N6O33S2. The number of hydrogen-bond acceptors (Lipinski definition) is 30. The summed E-state index contributed by atoms with van der Waals surface area (Å²) in [6, 6.07) is 22.8. The summed E-state index contributed by atoms with van der Waals surface area (Å²) in [5.74, 6) is -12.0. The zero-order valence-electron chi connectivity index (χ0n) is 64.2. The Bertz CT molecular complexity index is 5460. The fourth-order valence-corrected chi connectivity index (χ4v) is 13.2. The summed E-state index contributed by atoms with van der Waals surface area (Å²) in [5.41, 5.74) is 9.22. The average Bonchev–Trinajstić information content (AvgIpc) is 1.60. The van der Waals surface area contributed by atoms with Crippen molar-refractivity contribution in [2.24, 2.45) is 5.73 Å². The van der Waals surface area contributed by atoms with Crippen LogP contribution in [0.4, 0.5) is 22.7 Å². The Balaban J connectivity index is 0.000000374. The zero-order chi connectivity index (χ0) is 91.6. The topological polar surface area (TPSA) is 613 Å². The maximum Gasteiger partial charge on any atom is 0.349 e. The van der Waals surface area contributed by atoms with Crippen molar-refractivity contribution in [1.29, 1.82) is 0 Å². The molecule has 2 atom stereocenters. The number of methoxy groups -OCH3 is 2. The summed E-state index contributed by atoms with van der Waals surface area (Å²) in [6.07, 6.45) is 2.18. The summed E-state index contributed by atoms with van der Waals surface area (Å²) in [4.78, 5) is 176. The molecule has 46 heteroatoms. The molecule has 0 saturated heterocycles. The number of carboxylic acids is 5. The molecule has 0 aliphatic carbocycles. The minimum absolute atomic E-state index is 0.00193. The Morgan fingerprint density at radius 1 is 0.500 bits per heavy atom. The number of sulfone groups is 2. The highest BCUT2D eigenvalue weighted by atomic mass is 35.5. The van der Waals surface area contributed by atoms with Crippen molar-refractivity contribution in [1.82, 2.24) is 4.90 Å². The number of imide groups is 1. The van der Waals surface area contributed by atoms with Crippen molar-refractivity contribution < 1.29 is 152 Å². The number of amides is 4. The summed E-state index contributed by atoms with van der Waals surface area (Å²) in [7, 11) is -3.74. The van der Waals surface area contributed by atoms with Gasteiger partial charge < -0.3 is 80.8 Å². The normalized spacial score (nSPS) is 12.2. The monoisotopic (exact) mass is 1810 g/mol. The van der Waals surface area contributed by atoms with Gasteiger partial charge in [0.05, 0.1) is 136 Å². The van der Waals surface area contributed by atoms with Gasteiger partial charge in [-0.15, -0.1) is 0 Å². The summed E-state index contributed by atoms with van der Waals surface area (Å²) < 4.78 is 81.2. The van der Waals surface area contributed by atoms with Gasteiger partial charge in [0.25, 0.3) is 23.5 Å². The van der Waals surface area contributed by atoms with E-state index in [4.69, 9.17) is 119 Å². The van der Waals surface area contributed by atoms with Crippen LogP contribution in [0.3, 0.4) is 0 Å². The number of carbonyl (C=O) groups excluding carboxylic acids is 10. The molecule has 0 bridgehead atoms. The van der Waals surface area contributed by atoms with Crippen LogP contribution in [-0.2, 0) is 57.9 Å². The minimum Gasteiger partial charge on any atom is -0.493 e. The number of carboxylic acid groups (broad SMARTS) is 5. The lowest BCUT2D eigenvalue weighted by molar-refractivity contribution is -0.385. The minimum atomic E-state index is -3.64. The van der Waals surface area contributed by atoms with E-state index >= 15 is 0 Å². The number of carbonyl (C=O) groups is 15. The highest BCUT2D eigenvalue weighted by molar-refractivity contribution is 7.91. The second-order valence-electron chi connectivity index (χ2n) is 23.8. The Labute approximate surface area is 705 Å². The molecule has 0 saturated carbocycles. The van der Waals surface area contributed by atoms with Crippen molar-refractivity contribution in [3.63, 3.8) is 0 Å². The third-order valence-corrected chi connectivity index (χ3v) is 18.2. The van der Waals surface area contributed by atoms with Crippen LogP contribution in [0.5, 0.6) is 23.0 Å². The molecule has 4 amide bonds. The van der Waals surface area contributed by atoms with Gasteiger partial charge in [0, 0.05) is 64.9 Å². The number of nitro benzene ring substituents is 1. The molecule has 3 aliphatic rings. The van der Waals surface area contributed by atoms with Crippen molar-refractivity contribution in [3.8, 4) is 23.0 Å². The van der Waals surface area contributed by atoms with Crippen molar-refractivity contribution in [2.75, 3.05) is 67.8 Å². The lowest BCUT2D eigenvalue weighted by Gasteiger charge is -2.27. The lowest BCUT2D eigenvalue weighted by atomic mass is 10.1. The summed E-state index contributed by atoms with van der Waals surface area (Å²) in [6.45, 7) is 10.5. The first-order valence-corrected chi connectivity index (χ1v) is 39.2. The molecule has 10 rings (SSSR count). The fourth-order valence-electron chi connectivity index (χ4n) is 10.2. The van der Waals surface area contributed by atoms with Crippen LogP contribution in [-0.4, -0.2) is 193 Å². The van der Waals surface area contributed by atoms with Gasteiger partial charge in [-0.05, 0) is 104 Å². The number of nitrogens with zero attached hydrogens (tertiary/aromatic N) is 2. The van der Waals surface area contributed by atoms with E-state index in [-0.39, 0.29) is 87.2 Å². The number of nitrogens with two attached hydrogens (primary N) is 2. The van der Waals surface area contributed by atoms with Crippen LogP contribution in [0.25, 0.3) is 0 Å². The standard InChI is InChI=1S/C22H23ClN2O7S.C12H19NO4S.C10H6ClNO4.C8H4ClNO6.C8H6ClNO4.C8H3ClO3.C4H6O3.C2H4O2/c1-5-32-18-10-13(6-9-17(18)31-3)16(11-33(4,29)30)25-21(27)19-14(23)7-8-15(24-12(2)26)20(19)22(25)28;1-4-17-12-7-9(5-6-11(12)16-2)10(13)8-18(3,14)15;1-4(13)12-6-3-2-5(11)7-8(6)10(15)16-9(7)14;9-3-1-2-4(10(15)16)6(8(13)14)5(3)7(11)12;9-3-1-2-4(10)6(8(13)14)5(3)7(11)12;9-5-3-1-2-4-6(5)8(11)12-7(4)10;1-3(5)7-4(2)6;1-2(3)4/h6-10,16H,5,11H2,1-4H3,(H,24,26);5-7,10H,4,8,13H2,1-3H3;2-3H,1H3,(H,12,13);1-2H,(H,11,12)(H,13,14);1-2H,10H2,(H,11,12)(H,13,14);1-3H;1-2H3;1H3,(H,3,4)/t16-;10-;;;;;;/m11....../s1. The Morgan fingerprint density at radius 3 is 1.30 bits per heavy atom. The number of halogens is 5. The SMILES string of the molecule is CC(=O)Nc1ccc(Cl)c2c1C(=O)OC2=O.CC(=O)O.CC(=O)OC(C)=O.CCOc1cc([C@@H](CS(C)(=O)=O)N2C(=O)c3c(Cl)ccc(NC(C)=O)c3C2=O)ccc1OC.CCOc1cc([C@H](N)CS(C)(=O)=O)ccc1OC.Nc1ccc(Cl)c(C(=O)O)c1C(=O)O.O=C(O)c1c(Cl)ccc([N+](=O)[O-])c1C(=O)O.O=C1OC(=O)c2c(Cl)cccc21. The molecule has 0 radical (unpaired) electrons. The maximum atomic E-state index is 13.4. The largest absolute Gasteiger partial charge is 0.493 e. The number of aromatic carboxylic acids is 4. The van der Waals surface area contributed by atoms with Gasteiger partial charge in [0.1, 0.15) is 19.7 Å². The van der Waals surface area contributed by atoms with Crippen molar-refractivity contribution in [3.05, 3.63) is 205 Å². The highest BCUT2D eigenvalue weighted by Crippen LogP contribution is 2.42. The number of cyclic esters (lactones) is 4. The predicted molar refractivity (Wildman–Crippen MR) is 428 cm³/mol. The summed E-state index contributed by atoms with van der Waals surface area (Å²) in [5, 5.41) is 57.7. The van der Waals surface area contributed by atoms with E-state index in [0.29, 0.717) is 47.3 Å². The third kappa shape index (κ3) is 28.7. The second-order valence-corrected chi connectivity index (χ2v) is 30.2. The number of aliphatic carboxylic acids is 1. The molecule has 11 N–H and O–H groups in total. The van der Waals surface area contributed by atoms with E-state index in [9.17, 15) is 94.1 Å². The van der Waals surface area contributed by atoms with E-state index in [1.165, 1.54) is 89.6 Å². The van der Waals surface area contributed by atoms with Gasteiger partial charge in [-0.1, -0.05) is 76.2 Å². The average molecular weight is 1810 g/mol. The highest BCUT2D eigenvalue weighted by Gasteiger charge is 2.45.